The summed E-state index contributed by atoms with van der Waals surface area (Å²) in [5.74, 6) is -0.389. The number of likely N-dealkylation sites (N-methyl/N-ethyl adjacent to an activating group) is 1. The van der Waals surface area contributed by atoms with E-state index in [1.54, 1.807) is 0 Å². The molecule has 0 spiro atoms. The number of esters is 1. The molecule has 0 aliphatic heterocycles. The Morgan fingerprint density at radius 1 is 0.525 bits per heavy atom. The Labute approximate surface area is 374 Å². The summed E-state index contributed by atoms with van der Waals surface area (Å²) in [5.41, 5.74) is 0. The number of carbonyl (C=O) groups excluding carboxylic acids is 1. The molecule has 0 amide bonds. The van der Waals surface area contributed by atoms with Crippen LogP contribution in [0.5, 0.6) is 0 Å². The highest BCUT2D eigenvalue weighted by atomic mass is 31.2. The number of hydrogen-bond donors (Lipinski definition) is 1. The van der Waals surface area contributed by atoms with E-state index in [9.17, 15) is 19.4 Å². The highest BCUT2D eigenvalue weighted by Gasteiger charge is 2.17. The van der Waals surface area contributed by atoms with Crippen LogP contribution in [0.1, 0.15) is 174 Å². The molecule has 9 heteroatoms. The minimum atomic E-state index is -4.51. The Hall–Kier alpha value is -2.58. The lowest BCUT2D eigenvalue weighted by Crippen LogP contribution is -2.37. The van der Waals surface area contributed by atoms with Crippen molar-refractivity contribution in [2.45, 2.75) is 180 Å². The molecule has 0 saturated heterocycles. The molecule has 0 radical (unpaired) electrons. The number of carbonyl (C=O) groups is 1. The highest BCUT2D eigenvalue weighted by molar-refractivity contribution is 7.45. The minimum Gasteiger partial charge on any atom is -0.756 e. The molecular formula is C52H90NO7P. The normalized spacial score (nSPS) is 14.5. The van der Waals surface area contributed by atoms with Crippen molar-refractivity contribution in [3.63, 3.8) is 0 Å². The van der Waals surface area contributed by atoms with Crippen LogP contribution in [0.3, 0.4) is 0 Å². The van der Waals surface area contributed by atoms with Crippen molar-refractivity contribution in [3.05, 3.63) is 97.2 Å². The molecule has 0 aromatic heterocycles. The molecule has 0 rings (SSSR count). The van der Waals surface area contributed by atoms with Gasteiger partial charge in [0.1, 0.15) is 25.9 Å². The monoisotopic (exact) mass is 872 g/mol. The van der Waals surface area contributed by atoms with Gasteiger partial charge in [-0.1, -0.05) is 194 Å². The van der Waals surface area contributed by atoms with Crippen molar-refractivity contribution in [2.24, 2.45) is 0 Å². The standard InChI is InChI=1S/C52H90NO7P/c1-5-6-7-8-9-10-11-12-13-14-15-16-17-18-19-20-21-22-23-24-25-26-27-28-29-30-31-32-33-34-35-36-37-38-39-40-41-42-43-44-45-46-52(55)58-49-51(54)50-60-61(56,57)59-48-47-53(2,3)4/h6-7,9-10,12-13,15-16,18-19,21-22,24-25,27-28,51,54H,5,8,11,14,17,20,23,26,29-50H2,1-4H3/b7-6-,10-9-,13-12-,16-15-,19-18-,22-21-,25-24-,28-27-. The molecule has 0 aliphatic rings. The largest absolute Gasteiger partial charge is 0.756 e. The summed E-state index contributed by atoms with van der Waals surface area (Å²) in [6.45, 7) is 1.83. The molecule has 0 bridgehead atoms. The maximum Gasteiger partial charge on any atom is 0.305 e. The van der Waals surface area contributed by atoms with Crippen LogP contribution in [0.25, 0.3) is 0 Å². The number of quaternary nitrogens is 1. The minimum absolute atomic E-state index is 0.0106. The Bertz CT molecular complexity index is 1290. The lowest BCUT2D eigenvalue weighted by Gasteiger charge is -2.27. The van der Waals surface area contributed by atoms with Crippen molar-refractivity contribution in [1.82, 2.24) is 0 Å². The fourth-order valence-electron chi connectivity index (χ4n) is 6.14. The van der Waals surface area contributed by atoms with E-state index in [1.165, 1.54) is 89.9 Å². The smallest absolute Gasteiger partial charge is 0.305 e. The molecule has 1 N–H and O–H groups in total. The van der Waals surface area contributed by atoms with Crippen molar-refractivity contribution in [3.8, 4) is 0 Å². The summed E-state index contributed by atoms with van der Waals surface area (Å²) in [6.07, 6.45) is 64.6. The van der Waals surface area contributed by atoms with Gasteiger partial charge in [-0.05, 0) is 70.6 Å². The van der Waals surface area contributed by atoms with Crippen molar-refractivity contribution < 1.29 is 37.6 Å². The van der Waals surface area contributed by atoms with Crippen LogP contribution in [0.4, 0.5) is 0 Å². The lowest BCUT2D eigenvalue weighted by atomic mass is 10.0. The molecule has 2 unspecified atom stereocenters. The van der Waals surface area contributed by atoms with Crippen molar-refractivity contribution >= 4 is 13.8 Å². The summed E-state index contributed by atoms with van der Waals surface area (Å²) in [5, 5.41) is 9.90. The van der Waals surface area contributed by atoms with E-state index in [-0.39, 0.29) is 19.2 Å². The Kier molecular flexibility index (Phi) is 42.2. The predicted octanol–water partition coefficient (Wildman–Crippen LogP) is 13.7. The average molecular weight is 872 g/mol. The second-order valence-electron chi connectivity index (χ2n) is 17.0. The van der Waals surface area contributed by atoms with Crippen LogP contribution in [0, 0.1) is 0 Å². The molecule has 0 saturated carbocycles. The molecular weight excluding hydrogens is 782 g/mol. The van der Waals surface area contributed by atoms with E-state index < -0.39 is 20.5 Å². The van der Waals surface area contributed by atoms with E-state index in [2.05, 4.69) is 104 Å². The molecule has 0 fully saturated rings. The van der Waals surface area contributed by atoms with Crippen LogP contribution >= 0.6 is 7.82 Å². The van der Waals surface area contributed by atoms with Gasteiger partial charge < -0.3 is 28.3 Å². The summed E-state index contributed by atoms with van der Waals surface area (Å²) < 4.78 is 26.9. The van der Waals surface area contributed by atoms with Gasteiger partial charge in [0.15, 0.2) is 0 Å². The molecule has 2 atom stereocenters. The molecule has 61 heavy (non-hydrogen) atoms. The van der Waals surface area contributed by atoms with Gasteiger partial charge in [-0.3, -0.25) is 9.36 Å². The van der Waals surface area contributed by atoms with Crippen LogP contribution in [-0.4, -0.2) is 69.2 Å². The summed E-state index contributed by atoms with van der Waals surface area (Å²) in [4.78, 5) is 23.7. The van der Waals surface area contributed by atoms with Gasteiger partial charge in [0.05, 0.1) is 27.7 Å². The Morgan fingerprint density at radius 2 is 0.869 bits per heavy atom. The fourth-order valence-corrected chi connectivity index (χ4v) is 6.87. The van der Waals surface area contributed by atoms with Crippen molar-refractivity contribution in [1.29, 1.82) is 0 Å². The number of aliphatic hydroxyl groups is 1. The van der Waals surface area contributed by atoms with Crippen LogP contribution in [0.2, 0.25) is 0 Å². The van der Waals surface area contributed by atoms with E-state index >= 15 is 0 Å². The topological polar surface area (TPSA) is 105 Å². The van der Waals surface area contributed by atoms with Crippen LogP contribution < -0.4 is 4.89 Å². The zero-order valence-corrected chi connectivity index (χ0v) is 40.2. The maximum atomic E-state index is 12.0. The summed E-state index contributed by atoms with van der Waals surface area (Å²) in [6, 6.07) is 0. The first-order valence-corrected chi connectivity index (χ1v) is 25.5. The van der Waals surface area contributed by atoms with Gasteiger partial charge >= 0.3 is 5.97 Å². The number of rotatable bonds is 43. The predicted molar refractivity (Wildman–Crippen MR) is 258 cm³/mol. The average Bonchev–Trinajstić information content (AvgIpc) is 3.22. The number of nitrogens with zero attached hydrogens (tertiary/aromatic N) is 1. The van der Waals surface area contributed by atoms with E-state index in [4.69, 9.17) is 13.8 Å². The molecule has 8 nitrogen and oxygen atoms in total. The van der Waals surface area contributed by atoms with Gasteiger partial charge in [-0.2, -0.15) is 0 Å². The van der Waals surface area contributed by atoms with Gasteiger partial charge in [0, 0.05) is 6.42 Å². The molecule has 0 aliphatic carbocycles. The molecule has 0 aromatic carbocycles. The zero-order valence-electron chi connectivity index (χ0n) is 39.3. The first-order valence-electron chi connectivity index (χ1n) is 24.0. The van der Waals surface area contributed by atoms with Crippen molar-refractivity contribution in [2.75, 3.05) is 47.5 Å². The second kappa shape index (κ2) is 44.0. The van der Waals surface area contributed by atoms with E-state index in [1.807, 2.05) is 21.1 Å². The number of hydrogen-bond acceptors (Lipinski definition) is 7. The third-order valence-electron chi connectivity index (χ3n) is 9.85. The third-order valence-corrected chi connectivity index (χ3v) is 10.8. The van der Waals surface area contributed by atoms with E-state index in [0.717, 1.165) is 70.6 Å². The molecule has 350 valence electrons. The summed E-state index contributed by atoms with van der Waals surface area (Å²) >= 11 is 0. The number of ether oxygens (including phenoxy) is 1. The van der Waals surface area contributed by atoms with Gasteiger partial charge in [0.2, 0.25) is 0 Å². The highest BCUT2D eigenvalue weighted by Crippen LogP contribution is 2.38. The van der Waals surface area contributed by atoms with Gasteiger partial charge in [0.25, 0.3) is 7.82 Å². The van der Waals surface area contributed by atoms with Gasteiger partial charge in [-0.15, -0.1) is 0 Å². The molecule has 0 heterocycles. The zero-order chi connectivity index (χ0) is 44.8. The SMILES string of the molecule is CC/C=C\C/C=C\C/C=C\C/C=C\C/C=C\C/C=C\C/C=C\C/C=C\CCCCCCCCCCCCCCCCCCC(=O)OCC(O)COP(=O)([O-])OCC[N+](C)(C)C. The molecule has 0 aromatic rings. The number of allylic oxidation sites excluding steroid dienone is 16. The fraction of sp³-hybridized carbons (Fsp3) is 0.673. The second-order valence-corrected chi connectivity index (χ2v) is 18.4. The van der Waals surface area contributed by atoms with Crippen LogP contribution in [-0.2, 0) is 23.1 Å². The number of phosphoric acid groups is 1. The van der Waals surface area contributed by atoms with E-state index in [0.29, 0.717) is 17.4 Å². The first-order chi connectivity index (χ1) is 29.6. The number of phosphoric ester groups is 1. The number of aliphatic hydroxyl groups excluding tert-OH is 1. The summed E-state index contributed by atoms with van der Waals surface area (Å²) in [7, 11) is 1.25. The quantitative estimate of drug-likeness (QED) is 0.0214. The first kappa shape index (κ1) is 58.4. The lowest BCUT2D eigenvalue weighted by molar-refractivity contribution is -0.870. The Balaban J connectivity index is 3.46. The van der Waals surface area contributed by atoms with Gasteiger partial charge in [-0.25, -0.2) is 0 Å². The Morgan fingerprint density at radius 3 is 1.25 bits per heavy atom. The number of unbranched alkanes of at least 4 members (excludes halogenated alkanes) is 16. The van der Waals surface area contributed by atoms with Crippen LogP contribution in [0.15, 0.2) is 97.2 Å². The third kappa shape index (κ3) is 49.9. The maximum absolute atomic E-state index is 12.0.